The van der Waals surface area contributed by atoms with Gasteiger partial charge in [0.1, 0.15) is 5.52 Å². The van der Waals surface area contributed by atoms with E-state index in [0.29, 0.717) is 42.5 Å². The first kappa shape index (κ1) is 19.9. The Hall–Kier alpha value is -2.80. The monoisotopic (exact) mass is 398 g/mol. The standard InChI is InChI=1S/C21H22N2O4S/c1-2-26-19(24)12-7-13-22-20(25)16-9-4-3-8-15(16)14-28-21-23-17-10-5-6-11-18(17)27-21/h3-6,8-11H,2,7,12-14H2,1H3,(H,22,25). The van der Waals surface area contributed by atoms with Crippen molar-refractivity contribution in [2.45, 2.75) is 30.7 Å². The summed E-state index contributed by atoms with van der Waals surface area (Å²) in [4.78, 5) is 28.3. The van der Waals surface area contributed by atoms with Crippen LogP contribution in [0.4, 0.5) is 0 Å². The summed E-state index contributed by atoms with van der Waals surface area (Å²) in [6, 6.07) is 15.1. The number of oxazole rings is 1. The predicted octanol–water partition coefficient (Wildman–Crippen LogP) is 4.19. The van der Waals surface area contributed by atoms with Gasteiger partial charge < -0.3 is 14.5 Å². The van der Waals surface area contributed by atoms with Crippen LogP contribution in [-0.2, 0) is 15.3 Å². The fourth-order valence-corrected chi connectivity index (χ4v) is 3.53. The van der Waals surface area contributed by atoms with Crippen LogP contribution in [0.3, 0.4) is 0 Å². The molecule has 0 fully saturated rings. The van der Waals surface area contributed by atoms with Crippen LogP contribution in [0.15, 0.2) is 58.2 Å². The summed E-state index contributed by atoms with van der Waals surface area (Å²) in [5.74, 6) is 0.170. The van der Waals surface area contributed by atoms with E-state index in [1.165, 1.54) is 11.8 Å². The number of nitrogens with zero attached hydrogens (tertiary/aromatic N) is 1. The number of thioether (sulfide) groups is 1. The van der Waals surface area contributed by atoms with Gasteiger partial charge in [-0.15, -0.1) is 0 Å². The van der Waals surface area contributed by atoms with Crippen LogP contribution in [0.1, 0.15) is 35.7 Å². The Morgan fingerprint density at radius 3 is 2.75 bits per heavy atom. The molecule has 0 saturated carbocycles. The molecule has 3 rings (SSSR count). The van der Waals surface area contributed by atoms with Crippen molar-refractivity contribution in [2.75, 3.05) is 13.2 Å². The third-order valence-corrected chi connectivity index (χ3v) is 4.91. The fraction of sp³-hybridized carbons (Fsp3) is 0.286. The van der Waals surface area contributed by atoms with E-state index in [0.717, 1.165) is 16.7 Å². The highest BCUT2D eigenvalue weighted by atomic mass is 32.2. The van der Waals surface area contributed by atoms with Crippen LogP contribution in [0.5, 0.6) is 0 Å². The zero-order valence-electron chi connectivity index (χ0n) is 15.6. The zero-order valence-corrected chi connectivity index (χ0v) is 16.5. The van der Waals surface area contributed by atoms with Crippen molar-refractivity contribution in [1.29, 1.82) is 0 Å². The molecule has 1 heterocycles. The van der Waals surface area contributed by atoms with Crippen molar-refractivity contribution in [1.82, 2.24) is 10.3 Å². The number of aromatic nitrogens is 1. The molecule has 0 aliphatic carbocycles. The van der Waals surface area contributed by atoms with Crippen molar-refractivity contribution in [2.24, 2.45) is 0 Å². The molecule has 6 nitrogen and oxygen atoms in total. The summed E-state index contributed by atoms with van der Waals surface area (Å²) < 4.78 is 10.6. The number of fused-ring (bicyclic) bond motifs is 1. The average molecular weight is 398 g/mol. The molecule has 0 aliphatic heterocycles. The first-order valence-electron chi connectivity index (χ1n) is 9.17. The Labute approximate surface area is 167 Å². The van der Waals surface area contributed by atoms with E-state index in [4.69, 9.17) is 9.15 Å². The maximum absolute atomic E-state index is 12.5. The lowest BCUT2D eigenvalue weighted by molar-refractivity contribution is -0.143. The predicted molar refractivity (Wildman–Crippen MR) is 108 cm³/mol. The van der Waals surface area contributed by atoms with E-state index < -0.39 is 0 Å². The van der Waals surface area contributed by atoms with Crippen LogP contribution in [0.2, 0.25) is 0 Å². The number of para-hydroxylation sites is 2. The normalized spacial score (nSPS) is 10.8. The topological polar surface area (TPSA) is 81.4 Å². The minimum absolute atomic E-state index is 0.155. The molecule has 1 N–H and O–H groups in total. The number of hydrogen-bond acceptors (Lipinski definition) is 6. The molecule has 0 saturated heterocycles. The first-order valence-corrected chi connectivity index (χ1v) is 10.2. The van der Waals surface area contributed by atoms with E-state index >= 15 is 0 Å². The second kappa shape index (κ2) is 9.94. The van der Waals surface area contributed by atoms with Crippen molar-refractivity contribution in [3.8, 4) is 0 Å². The number of esters is 1. The first-order chi connectivity index (χ1) is 13.7. The molecular weight excluding hydrogens is 376 g/mol. The van der Waals surface area contributed by atoms with Gasteiger partial charge in [-0.25, -0.2) is 4.98 Å². The van der Waals surface area contributed by atoms with E-state index in [9.17, 15) is 9.59 Å². The Morgan fingerprint density at radius 1 is 1.14 bits per heavy atom. The van der Waals surface area contributed by atoms with Gasteiger partial charge in [0.15, 0.2) is 5.58 Å². The van der Waals surface area contributed by atoms with E-state index in [1.54, 1.807) is 13.0 Å². The third-order valence-electron chi connectivity index (χ3n) is 4.04. The molecule has 1 amide bonds. The third kappa shape index (κ3) is 5.36. The molecule has 0 unspecified atom stereocenters. The molecule has 0 aliphatic rings. The van der Waals surface area contributed by atoms with Gasteiger partial charge in [-0.1, -0.05) is 42.1 Å². The molecular formula is C21H22N2O4S. The highest BCUT2D eigenvalue weighted by molar-refractivity contribution is 7.98. The molecule has 2 aromatic carbocycles. The van der Waals surface area contributed by atoms with E-state index in [2.05, 4.69) is 10.3 Å². The van der Waals surface area contributed by atoms with Crippen molar-refractivity contribution < 1.29 is 18.7 Å². The summed E-state index contributed by atoms with van der Waals surface area (Å²) in [6.07, 6.45) is 0.841. The van der Waals surface area contributed by atoms with Gasteiger partial charge >= 0.3 is 5.97 Å². The molecule has 28 heavy (non-hydrogen) atoms. The van der Waals surface area contributed by atoms with Crippen molar-refractivity contribution in [3.05, 3.63) is 59.7 Å². The van der Waals surface area contributed by atoms with Gasteiger partial charge in [0.05, 0.1) is 6.61 Å². The van der Waals surface area contributed by atoms with E-state index in [-0.39, 0.29) is 11.9 Å². The molecule has 146 valence electrons. The molecule has 7 heteroatoms. The second-order valence-electron chi connectivity index (χ2n) is 6.06. The van der Waals surface area contributed by atoms with E-state index in [1.807, 2.05) is 42.5 Å². The van der Waals surface area contributed by atoms with Crippen LogP contribution in [0, 0.1) is 0 Å². The van der Waals surface area contributed by atoms with Crippen molar-refractivity contribution in [3.63, 3.8) is 0 Å². The summed E-state index contributed by atoms with van der Waals surface area (Å²) >= 11 is 1.45. The number of carbonyl (C=O) groups excluding carboxylic acids is 2. The quantitative estimate of drug-likeness (QED) is 0.331. The smallest absolute Gasteiger partial charge is 0.305 e. The molecule has 3 aromatic rings. The summed E-state index contributed by atoms with van der Waals surface area (Å²) in [5, 5.41) is 3.44. The van der Waals surface area contributed by atoms with Gasteiger partial charge in [-0.2, -0.15) is 0 Å². The van der Waals surface area contributed by atoms with Crippen LogP contribution in [-0.4, -0.2) is 30.0 Å². The minimum atomic E-state index is -0.244. The summed E-state index contributed by atoms with van der Waals surface area (Å²) in [6.45, 7) is 2.57. The maximum Gasteiger partial charge on any atom is 0.305 e. The zero-order chi connectivity index (χ0) is 19.8. The highest BCUT2D eigenvalue weighted by Crippen LogP contribution is 2.27. The number of ether oxygens (including phenoxy) is 1. The SMILES string of the molecule is CCOC(=O)CCCNC(=O)c1ccccc1CSc1nc2ccccc2o1. The minimum Gasteiger partial charge on any atom is -0.466 e. The Balaban J connectivity index is 1.56. The lowest BCUT2D eigenvalue weighted by Crippen LogP contribution is -2.26. The van der Waals surface area contributed by atoms with Gasteiger partial charge in [0, 0.05) is 24.3 Å². The molecule has 0 spiro atoms. The number of hydrogen-bond donors (Lipinski definition) is 1. The van der Waals surface area contributed by atoms with Crippen LogP contribution >= 0.6 is 11.8 Å². The van der Waals surface area contributed by atoms with Crippen LogP contribution in [0.25, 0.3) is 11.1 Å². The van der Waals surface area contributed by atoms with Gasteiger partial charge in [-0.3, -0.25) is 9.59 Å². The number of benzene rings is 2. The van der Waals surface area contributed by atoms with Crippen molar-refractivity contribution >= 4 is 34.7 Å². The molecule has 1 aromatic heterocycles. The molecule has 0 atom stereocenters. The second-order valence-corrected chi connectivity index (χ2v) is 6.98. The largest absolute Gasteiger partial charge is 0.466 e. The van der Waals surface area contributed by atoms with Crippen LogP contribution < -0.4 is 5.32 Å². The average Bonchev–Trinajstić information content (AvgIpc) is 3.13. The van der Waals surface area contributed by atoms with Gasteiger partial charge in [-0.05, 0) is 37.1 Å². The highest BCUT2D eigenvalue weighted by Gasteiger charge is 2.13. The van der Waals surface area contributed by atoms with Gasteiger partial charge in [0.2, 0.25) is 0 Å². The Kier molecular flexibility index (Phi) is 7.08. The number of nitrogens with one attached hydrogen (secondary N) is 1. The maximum atomic E-state index is 12.5. The fourth-order valence-electron chi connectivity index (χ4n) is 2.68. The Bertz CT molecular complexity index is 921. The lowest BCUT2D eigenvalue weighted by Gasteiger charge is -2.09. The summed E-state index contributed by atoms with van der Waals surface area (Å²) in [7, 11) is 0. The summed E-state index contributed by atoms with van der Waals surface area (Å²) in [5.41, 5.74) is 3.08. The lowest BCUT2D eigenvalue weighted by atomic mass is 10.1. The number of carbonyl (C=O) groups is 2. The van der Waals surface area contributed by atoms with Gasteiger partial charge in [0.25, 0.3) is 11.1 Å². The Morgan fingerprint density at radius 2 is 1.93 bits per heavy atom. The number of amides is 1. The number of rotatable bonds is 9. The molecule has 0 radical (unpaired) electrons. The molecule has 0 bridgehead atoms.